The lowest BCUT2D eigenvalue weighted by Gasteiger charge is -2.33. The molecule has 236 valence electrons. The fourth-order valence-electron chi connectivity index (χ4n) is 5.24. The zero-order valence-electron chi connectivity index (χ0n) is 25.4. The maximum atomic E-state index is 14.2. The molecule has 1 N–H and O–H groups in total. The number of sulfonamides is 1. The molecule has 1 aliphatic rings. The van der Waals surface area contributed by atoms with Gasteiger partial charge < -0.3 is 15.0 Å². The summed E-state index contributed by atoms with van der Waals surface area (Å²) in [5.41, 5.74) is 0.954. The largest absolute Gasteiger partial charge is 0.494 e. The highest BCUT2D eigenvalue weighted by Crippen LogP contribution is 2.28. The van der Waals surface area contributed by atoms with Gasteiger partial charge in [0.05, 0.1) is 17.2 Å². The van der Waals surface area contributed by atoms with Crippen molar-refractivity contribution in [2.75, 3.05) is 23.7 Å². The summed E-state index contributed by atoms with van der Waals surface area (Å²) in [7, 11) is -4.17. The van der Waals surface area contributed by atoms with E-state index in [1.165, 1.54) is 28.8 Å². The Kier molecular flexibility index (Phi) is 12.0. The van der Waals surface area contributed by atoms with Gasteiger partial charge in [0.15, 0.2) is 0 Å². The number of ether oxygens (including phenoxy) is 1. The van der Waals surface area contributed by atoms with Crippen molar-refractivity contribution in [1.82, 2.24) is 10.2 Å². The lowest BCUT2D eigenvalue weighted by Crippen LogP contribution is -2.53. The van der Waals surface area contributed by atoms with Crippen LogP contribution in [0.4, 0.5) is 5.69 Å². The van der Waals surface area contributed by atoms with Crippen molar-refractivity contribution in [3.63, 3.8) is 0 Å². The van der Waals surface area contributed by atoms with Crippen LogP contribution in [-0.4, -0.2) is 56.6 Å². The zero-order chi connectivity index (χ0) is 31.7. The Balaban J connectivity index is 1.69. The number of halogens is 1. The van der Waals surface area contributed by atoms with E-state index in [9.17, 15) is 18.0 Å². The summed E-state index contributed by atoms with van der Waals surface area (Å²) in [6, 6.07) is 19.4. The lowest BCUT2D eigenvalue weighted by atomic mass is 9.95. The van der Waals surface area contributed by atoms with E-state index in [-0.39, 0.29) is 23.4 Å². The Bertz CT molecular complexity index is 1510. The number of benzene rings is 3. The molecule has 1 unspecified atom stereocenters. The topological polar surface area (TPSA) is 96.0 Å². The van der Waals surface area contributed by atoms with Crippen molar-refractivity contribution >= 4 is 50.9 Å². The van der Waals surface area contributed by atoms with Gasteiger partial charge in [0.25, 0.3) is 10.0 Å². The Labute approximate surface area is 270 Å². The van der Waals surface area contributed by atoms with Gasteiger partial charge in [-0.25, -0.2) is 8.42 Å². The molecular weight excluding hydrogens is 618 g/mol. The minimum Gasteiger partial charge on any atom is -0.494 e. The molecule has 0 aliphatic heterocycles. The minimum atomic E-state index is -4.17. The first-order chi connectivity index (χ1) is 21.1. The fourth-order valence-corrected chi connectivity index (χ4v) is 7.26. The van der Waals surface area contributed by atoms with Crippen LogP contribution in [0.2, 0.25) is 5.02 Å². The van der Waals surface area contributed by atoms with Gasteiger partial charge in [-0.2, -0.15) is 0 Å². The molecule has 3 aromatic carbocycles. The number of thioether (sulfide) groups is 1. The van der Waals surface area contributed by atoms with E-state index in [4.69, 9.17) is 16.3 Å². The van der Waals surface area contributed by atoms with Gasteiger partial charge in [-0.3, -0.25) is 13.9 Å². The van der Waals surface area contributed by atoms with E-state index in [0.717, 1.165) is 41.3 Å². The number of hydrogen-bond donors (Lipinski definition) is 1. The summed E-state index contributed by atoms with van der Waals surface area (Å²) in [4.78, 5) is 30.1. The monoisotopic (exact) mass is 657 g/mol. The van der Waals surface area contributed by atoms with Crippen LogP contribution >= 0.6 is 23.4 Å². The summed E-state index contributed by atoms with van der Waals surface area (Å²) >= 11 is 7.98. The first-order valence-electron chi connectivity index (χ1n) is 14.9. The molecule has 0 heterocycles. The predicted octanol–water partition coefficient (Wildman–Crippen LogP) is 6.52. The Morgan fingerprint density at radius 1 is 1.00 bits per heavy atom. The molecule has 1 aliphatic carbocycles. The van der Waals surface area contributed by atoms with E-state index in [2.05, 4.69) is 5.32 Å². The second-order valence-corrected chi connectivity index (χ2v) is 13.9. The molecule has 0 radical (unpaired) electrons. The van der Waals surface area contributed by atoms with Gasteiger partial charge in [-0.05, 0) is 93.1 Å². The molecule has 1 fully saturated rings. The van der Waals surface area contributed by atoms with Gasteiger partial charge in [0.2, 0.25) is 11.8 Å². The maximum absolute atomic E-state index is 14.2. The molecule has 8 nitrogen and oxygen atoms in total. The van der Waals surface area contributed by atoms with Crippen LogP contribution in [0.5, 0.6) is 5.75 Å². The molecule has 1 saturated carbocycles. The Morgan fingerprint density at radius 3 is 2.27 bits per heavy atom. The van der Waals surface area contributed by atoms with Crippen LogP contribution in [0.25, 0.3) is 0 Å². The molecule has 2 amide bonds. The Morgan fingerprint density at radius 2 is 1.66 bits per heavy atom. The Hall–Kier alpha value is -3.21. The van der Waals surface area contributed by atoms with E-state index in [1.54, 1.807) is 61.5 Å². The number of carbonyl (C=O) groups is 2. The second kappa shape index (κ2) is 15.7. The van der Waals surface area contributed by atoms with E-state index < -0.39 is 28.5 Å². The average molecular weight is 658 g/mol. The van der Waals surface area contributed by atoms with Crippen LogP contribution in [0.3, 0.4) is 0 Å². The van der Waals surface area contributed by atoms with E-state index in [0.29, 0.717) is 28.6 Å². The van der Waals surface area contributed by atoms with Crippen molar-refractivity contribution in [3.8, 4) is 5.75 Å². The van der Waals surface area contributed by atoms with Crippen molar-refractivity contribution in [1.29, 1.82) is 0 Å². The number of anilines is 1. The normalized spacial score (nSPS) is 14.5. The van der Waals surface area contributed by atoms with Crippen molar-refractivity contribution in [2.24, 2.45) is 0 Å². The van der Waals surface area contributed by atoms with Crippen LogP contribution in [0.1, 0.15) is 51.5 Å². The SMILES string of the molecule is CCOc1ccc(N(CC(=O)N(Cc2ccccc2Cl)C(C)C(=O)NC2CCCCC2)S(=O)(=O)c2ccc(SC)cc2)cc1. The molecule has 0 bridgehead atoms. The molecule has 0 aromatic heterocycles. The van der Waals surface area contributed by atoms with Crippen molar-refractivity contribution in [2.45, 2.75) is 74.4 Å². The van der Waals surface area contributed by atoms with Gasteiger partial charge in [0, 0.05) is 22.5 Å². The molecule has 11 heteroatoms. The summed E-state index contributed by atoms with van der Waals surface area (Å²) in [5, 5.41) is 3.56. The number of rotatable bonds is 13. The average Bonchev–Trinajstić information content (AvgIpc) is 3.04. The summed E-state index contributed by atoms with van der Waals surface area (Å²) in [6.07, 6.45) is 6.96. The van der Waals surface area contributed by atoms with Crippen LogP contribution in [0.15, 0.2) is 82.6 Å². The molecule has 4 rings (SSSR count). The highest BCUT2D eigenvalue weighted by atomic mass is 35.5. The van der Waals surface area contributed by atoms with Crippen LogP contribution in [0, 0.1) is 0 Å². The third-order valence-electron chi connectivity index (χ3n) is 7.78. The van der Waals surface area contributed by atoms with E-state index in [1.807, 2.05) is 19.2 Å². The standard InChI is InChI=1S/C33H40ClN3O5S2/c1-4-42-28-16-14-27(15-17-28)37(44(40,41)30-20-18-29(43-3)19-21-30)23-32(38)36(22-25-10-8-9-13-31(25)34)24(2)33(39)35-26-11-6-5-7-12-26/h8-10,13-21,24,26H,4-7,11-12,22-23H2,1-3H3,(H,35,39). The van der Waals surface area contributed by atoms with Gasteiger partial charge in [-0.1, -0.05) is 49.1 Å². The quantitative estimate of drug-likeness (QED) is 0.210. The predicted molar refractivity (Wildman–Crippen MR) is 177 cm³/mol. The second-order valence-electron chi connectivity index (χ2n) is 10.7. The van der Waals surface area contributed by atoms with Crippen LogP contribution < -0.4 is 14.4 Å². The summed E-state index contributed by atoms with van der Waals surface area (Å²) in [5.74, 6) is -0.229. The van der Waals surface area contributed by atoms with E-state index >= 15 is 0 Å². The first kappa shape index (κ1) is 33.7. The molecule has 3 aromatic rings. The third kappa shape index (κ3) is 8.49. The minimum absolute atomic E-state index is 0.0390. The zero-order valence-corrected chi connectivity index (χ0v) is 27.8. The molecule has 44 heavy (non-hydrogen) atoms. The summed E-state index contributed by atoms with van der Waals surface area (Å²) < 4.78 is 34.8. The number of nitrogens with zero attached hydrogens (tertiary/aromatic N) is 2. The maximum Gasteiger partial charge on any atom is 0.264 e. The van der Waals surface area contributed by atoms with Crippen LogP contribution in [-0.2, 0) is 26.2 Å². The number of nitrogens with one attached hydrogen (secondary N) is 1. The van der Waals surface area contributed by atoms with Gasteiger partial charge in [-0.15, -0.1) is 11.8 Å². The third-order valence-corrected chi connectivity index (χ3v) is 10.7. The van der Waals surface area contributed by atoms with Crippen molar-refractivity contribution in [3.05, 3.63) is 83.4 Å². The highest BCUT2D eigenvalue weighted by molar-refractivity contribution is 7.98. The van der Waals surface area contributed by atoms with Gasteiger partial charge in [0.1, 0.15) is 18.3 Å². The van der Waals surface area contributed by atoms with Crippen molar-refractivity contribution < 1.29 is 22.7 Å². The number of amides is 2. The highest BCUT2D eigenvalue weighted by Gasteiger charge is 2.33. The lowest BCUT2D eigenvalue weighted by molar-refractivity contribution is -0.139. The summed E-state index contributed by atoms with van der Waals surface area (Å²) in [6.45, 7) is 3.51. The molecule has 0 spiro atoms. The molecule has 0 saturated heterocycles. The smallest absolute Gasteiger partial charge is 0.264 e. The first-order valence-corrected chi connectivity index (χ1v) is 17.9. The molecule has 1 atom stereocenters. The fraction of sp³-hybridized carbons (Fsp3) is 0.394. The molecular formula is C33H40ClN3O5S2. The number of hydrogen-bond acceptors (Lipinski definition) is 6. The van der Waals surface area contributed by atoms with Gasteiger partial charge >= 0.3 is 0 Å². The number of carbonyl (C=O) groups excluding carboxylic acids is 2.